The first kappa shape index (κ1) is 17.8. The Kier molecular flexibility index (Phi) is 4.47. The van der Waals surface area contributed by atoms with Crippen molar-refractivity contribution in [3.05, 3.63) is 65.2 Å². The number of sulfonamides is 1. The maximum Gasteiger partial charge on any atom is 0.244 e. The van der Waals surface area contributed by atoms with E-state index in [0.29, 0.717) is 36.8 Å². The van der Waals surface area contributed by atoms with Crippen molar-refractivity contribution in [3.8, 4) is 0 Å². The standard InChI is InChI=1S/C19H21ClN2O3S/c20-17-9-5-4-6-15(17)12-21-11-10-19(14-21)18(23)13-22(26(19,24)25)16-7-2-1-3-8-16/h1-9,18,23H,10-14H2. The summed E-state index contributed by atoms with van der Waals surface area (Å²) in [7, 11) is -3.66. The summed E-state index contributed by atoms with van der Waals surface area (Å²) < 4.78 is 26.8. The zero-order chi connectivity index (χ0) is 18.4. The third-order valence-corrected chi connectivity index (χ3v) is 8.43. The Morgan fingerprint density at radius 2 is 1.81 bits per heavy atom. The predicted octanol–water partition coefficient (Wildman–Crippen LogP) is 2.50. The van der Waals surface area contributed by atoms with Crippen molar-refractivity contribution in [1.82, 2.24) is 4.90 Å². The van der Waals surface area contributed by atoms with Gasteiger partial charge < -0.3 is 5.11 Å². The van der Waals surface area contributed by atoms with Crippen LogP contribution in [0.2, 0.25) is 5.02 Å². The number of hydrogen-bond donors (Lipinski definition) is 1. The molecule has 2 heterocycles. The Morgan fingerprint density at radius 1 is 1.12 bits per heavy atom. The number of β-amino-alcohol motifs (C(OH)–C–C–N with tert-alkyl or cyclic N) is 1. The van der Waals surface area contributed by atoms with Gasteiger partial charge in [0.05, 0.1) is 18.3 Å². The van der Waals surface area contributed by atoms with Gasteiger partial charge in [0.25, 0.3) is 0 Å². The summed E-state index contributed by atoms with van der Waals surface area (Å²) in [5, 5.41) is 11.4. The van der Waals surface area contributed by atoms with Crippen molar-refractivity contribution in [3.63, 3.8) is 0 Å². The molecule has 2 atom stereocenters. The van der Waals surface area contributed by atoms with Gasteiger partial charge in [0.15, 0.2) is 0 Å². The number of hydrogen-bond acceptors (Lipinski definition) is 4. The molecule has 2 aliphatic heterocycles. The van der Waals surface area contributed by atoms with Crippen molar-refractivity contribution in [2.24, 2.45) is 0 Å². The lowest BCUT2D eigenvalue weighted by molar-refractivity contribution is 0.143. The highest BCUT2D eigenvalue weighted by Crippen LogP contribution is 2.43. The number of anilines is 1. The van der Waals surface area contributed by atoms with E-state index in [-0.39, 0.29) is 6.54 Å². The fourth-order valence-electron chi connectivity index (χ4n) is 4.02. The van der Waals surface area contributed by atoms with Gasteiger partial charge in [-0.2, -0.15) is 0 Å². The number of para-hydroxylation sites is 1. The van der Waals surface area contributed by atoms with Crippen LogP contribution in [0, 0.1) is 0 Å². The molecule has 7 heteroatoms. The molecule has 5 nitrogen and oxygen atoms in total. The average Bonchev–Trinajstić information content (AvgIpc) is 3.15. The molecule has 2 saturated heterocycles. The van der Waals surface area contributed by atoms with Crippen LogP contribution in [-0.2, 0) is 16.6 Å². The molecule has 2 aliphatic rings. The molecular formula is C19H21ClN2O3S. The van der Waals surface area contributed by atoms with Gasteiger partial charge in [-0.05, 0) is 30.2 Å². The van der Waals surface area contributed by atoms with E-state index >= 15 is 0 Å². The molecule has 0 aliphatic carbocycles. The normalized spacial score (nSPS) is 28.1. The summed E-state index contributed by atoms with van der Waals surface area (Å²) >= 11 is 6.24. The largest absolute Gasteiger partial charge is 0.389 e. The van der Waals surface area contributed by atoms with Crippen LogP contribution >= 0.6 is 11.6 Å². The molecular weight excluding hydrogens is 372 g/mol. The fraction of sp³-hybridized carbons (Fsp3) is 0.368. The second kappa shape index (κ2) is 6.53. The predicted molar refractivity (Wildman–Crippen MR) is 103 cm³/mol. The number of rotatable bonds is 3. The van der Waals surface area contributed by atoms with E-state index in [4.69, 9.17) is 11.6 Å². The van der Waals surface area contributed by atoms with Crippen LogP contribution in [0.4, 0.5) is 5.69 Å². The lowest BCUT2D eigenvalue weighted by atomic mass is 10.0. The van der Waals surface area contributed by atoms with E-state index in [1.54, 1.807) is 24.3 Å². The maximum atomic E-state index is 13.3. The third-order valence-electron chi connectivity index (χ3n) is 5.49. The summed E-state index contributed by atoms with van der Waals surface area (Å²) in [6, 6.07) is 16.6. The van der Waals surface area contributed by atoms with Crippen LogP contribution < -0.4 is 4.31 Å². The van der Waals surface area contributed by atoms with Crippen LogP contribution in [0.5, 0.6) is 0 Å². The Hall–Kier alpha value is -1.60. The topological polar surface area (TPSA) is 60.9 Å². The lowest BCUT2D eigenvalue weighted by Crippen LogP contribution is -2.47. The number of likely N-dealkylation sites (tertiary alicyclic amines) is 1. The van der Waals surface area contributed by atoms with Gasteiger partial charge in [-0.3, -0.25) is 9.21 Å². The van der Waals surface area contributed by atoms with E-state index < -0.39 is 20.9 Å². The number of nitrogens with zero attached hydrogens (tertiary/aromatic N) is 2. The first-order valence-corrected chi connectivity index (χ1v) is 10.5. The number of aliphatic hydroxyl groups excluding tert-OH is 1. The van der Waals surface area contributed by atoms with Crippen LogP contribution in [0.3, 0.4) is 0 Å². The van der Waals surface area contributed by atoms with Crippen LogP contribution in [-0.4, -0.2) is 48.9 Å². The van der Waals surface area contributed by atoms with Gasteiger partial charge in [0, 0.05) is 24.7 Å². The summed E-state index contributed by atoms with van der Waals surface area (Å²) in [5.74, 6) is 0. The van der Waals surface area contributed by atoms with E-state index in [2.05, 4.69) is 4.90 Å². The number of halogens is 1. The van der Waals surface area contributed by atoms with Crippen molar-refractivity contribution in [2.45, 2.75) is 23.8 Å². The highest BCUT2D eigenvalue weighted by molar-refractivity contribution is 7.94. The van der Waals surface area contributed by atoms with E-state index in [9.17, 15) is 13.5 Å². The molecule has 4 rings (SSSR count). The van der Waals surface area contributed by atoms with Gasteiger partial charge in [0.2, 0.25) is 10.0 Å². The first-order chi connectivity index (χ1) is 12.4. The van der Waals surface area contributed by atoms with E-state index in [1.807, 2.05) is 30.3 Å². The number of benzene rings is 2. The molecule has 0 saturated carbocycles. The Bertz CT molecular complexity index is 906. The summed E-state index contributed by atoms with van der Waals surface area (Å²) in [4.78, 5) is 2.07. The number of aliphatic hydroxyl groups is 1. The minimum atomic E-state index is -3.66. The Morgan fingerprint density at radius 3 is 2.54 bits per heavy atom. The molecule has 1 spiro atoms. The fourth-order valence-corrected chi connectivity index (χ4v) is 6.50. The summed E-state index contributed by atoms with van der Waals surface area (Å²) in [5.41, 5.74) is 1.57. The second-order valence-corrected chi connectivity index (χ2v) is 9.62. The molecule has 26 heavy (non-hydrogen) atoms. The minimum absolute atomic E-state index is 0.103. The van der Waals surface area contributed by atoms with Gasteiger partial charge in [0.1, 0.15) is 4.75 Å². The Balaban J connectivity index is 1.60. The SMILES string of the molecule is O=S1(=O)N(c2ccccc2)CC(O)C12CCN(Cc1ccccc1Cl)C2. The molecule has 0 bridgehead atoms. The van der Waals surface area contributed by atoms with Gasteiger partial charge in [-0.25, -0.2) is 8.42 Å². The molecule has 0 radical (unpaired) electrons. The van der Waals surface area contributed by atoms with Crippen LogP contribution in [0.15, 0.2) is 54.6 Å². The molecule has 0 amide bonds. The van der Waals surface area contributed by atoms with Gasteiger partial charge >= 0.3 is 0 Å². The second-order valence-electron chi connectivity index (χ2n) is 7.00. The lowest BCUT2D eigenvalue weighted by Gasteiger charge is -2.27. The van der Waals surface area contributed by atoms with E-state index in [0.717, 1.165) is 5.56 Å². The smallest absolute Gasteiger partial charge is 0.244 e. The zero-order valence-electron chi connectivity index (χ0n) is 14.3. The highest BCUT2D eigenvalue weighted by Gasteiger charge is 2.61. The van der Waals surface area contributed by atoms with Crippen molar-refractivity contribution < 1.29 is 13.5 Å². The highest BCUT2D eigenvalue weighted by atomic mass is 35.5. The summed E-state index contributed by atoms with van der Waals surface area (Å²) in [6.45, 7) is 1.61. The molecule has 2 aromatic rings. The zero-order valence-corrected chi connectivity index (χ0v) is 15.8. The van der Waals surface area contributed by atoms with Crippen molar-refractivity contribution >= 4 is 27.3 Å². The molecule has 138 valence electrons. The van der Waals surface area contributed by atoms with E-state index in [1.165, 1.54) is 4.31 Å². The Labute approximate surface area is 158 Å². The first-order valence-electron chi connectivity index (χ1n) is 8.65. The third kappa shape index (κ3) is 2.72. The molecule has 2 aromatic carbocycles. The van der Waals surface area contributed by atoms with Gasteiger partial charge in [-0.15, -0.1) is 0 Å². The molecule has 1 N–H and O–H groups in total. The van der Waals surface area contributed by atoms with Crippen LogP contribution in [0.1, 0.15) is 12.0 Å². The molecule has 2 unspecified atom stereocenters. The monoisotopic (exact) mass is 392 g/mol. The minimum Gasteiger partial charge on any atom is -0.389 e. The van der Waals surface area contributed by atoms with Crippen LogP contribution in [0.25, 0.3) is 0 Å². The quantitative estimate of drug-likeness (QED) is 0.871. The average molecular weight is 393 g/mol. The molecule has 0 aromatic heterocycles. The maximum absolute atomic E-state index is 13.3. The van der Waals surface area contributed by atoms with Gasteiger partial charge in [-0.1, -0.05) is 48.0 Å². The molecule has 2 fully saturated rings. The summed E-state index contributed by atoms with van der Waals surface area (Å²) in [6.07, 6.45) is -0.492. The van der Waals surface area contributed by atoms with Crippen molar-refractivity contribution in [2.75, 3.05) is 23.9 Å². The van der Waals surface area contributed by atoms with Crippen molar-refractivity contribution in [1.29, 1.82) is 0 Å².